The lowest BCUT2D eigenvalue weighted by molar-refractivity contribution is 0.434. The van der Waals surface area contributed by atoms with Crippen LogP contribution in [0.1, 0.15) is 0 Å². The van der Waals surface area contributed by atoms with Crippen LogP contribution in [-0.2, 0) is 0 Å². The zero-order chi connectivity index (χ0) is 5.82. The first kappa shape index (κ1) is 5.58. The van der Waals surface area contributed by atoms with Gasteiger partial charge in [-0.15, -0.1) is 0 Å². The van der Waals surface area contributed by atoms with Gasteiger partial charge in [0.05, 0.1) is 0 Å². The van der Waals surface area contributed by atoms with E-state index in [1.54, 1.807) is 11.9 Å². The molecular formula is C6H7OP. The monoisotopic (exact) mass is 126 g/mol. The van der Waals surface area contributed by atoms with Crippen LogP contribution in [0, 0.1) is 0 Å². The van der Waals surface area contributed by atoms with E-state index in [-0.39, 0.29) is 0 Å². The van der Waals surface area contributed by atoms with Crippen LogP contribution in [0.25, 0.3) is 0 Å². The summed E-state index contributed by atoms with van der Waals surface area (Å²) >= 11 is 0. The highest BCUT2D eigenvalue weighted by molar-refractivity contribution is 7.45. The van der Waals surface area contributed by atoms with Crippen molar-refractivity contribution in [1.82, 2.24) is 0 Å². The van der Waals surface area contributed by atoms with E-state index in [1.807, 2.05) is 18.0 Å². The Morgan fingerprint density at radius 3 is 3.12 bits per heavy atom. The van der Waals surface area contributed by atoms with Gasteiger partial charge in [0, 0.05) is 0 Å². The SMILES string of the molecule is OC1=CPC=CC=C1. The second-order valence-corrected chi connectivity index (χ2v) is 2.41. The van der Waals surface area contributed by atoms with E-state index in [9.17, 15) is 0 Å². The molecule has 1 heterocycles. The normalized spacial score (nSPS) is 20.8. The molecule has 1 N–H and O–H groups in total. The van der Waals surface area contributed by atoms with Gasteiger partial charge in [0.15, 0.2) is 0 Å². The van der Waals surface area contributed by atoms with Crippen molar-refractivity contribution in [3.05, 3.63) is 35.6 Å². The minimum absolute atomic E-state index is 0.369. The molecule has 0 aliphatic carbocycles. The van der Waals surface area contributed by atoms with Gasteiger partial charge in [0.2, 0.25) is 0 Å². The van der Waals surface area contributed by atoms with Gasteiger partial charge in [-0.3, -0.25) is 0 Å². The molecule has 0 aromatic heterocycles. The summed E-state index contributed by atoms with van der Waals surface area (Å²) in [6.45, 7) is 0. The summed E-state index contributed by atoms with van der Waals surface area (Å²) in [6, 6.07) is 0. The molecule has 1 unspecified atom stereocenters. The highest BCUT2D eigenvalue weighted by atomic mass is 31.1. The molecule has 1 atom stereocenters. The van der Waals surface area contributed by atoms with Gasteiger partial charge in [-0.25, -0.2) is 0 Å². The maximum Gasteiger partial charge on any atom is 0.116 e. The average molecular weight is 126 g/mol. The standard InChI is InChI=1S/C6H7OP/c7-6-3-1-2-4-8-5-6/h1-5,7-8H. The summed E-state index contributed by atoms with van der Waals surface area (Å²) in [7, 11) is 0.620. The van der Waals surface area contributed by atoms with Crippen LogP contribution in [0.2, 0.25) is 0 Å². The lowest BCUT2D eigenvalue weighted by Gasteiger charge is -1.82. The lowest BCUT2D eigenvalue weighted by Crippen LogP contribution is -1.65. The maximum absolute atomic E-state index is 8.83. The first-order chi connectivity index (χ1) is 3.89. The molecule has 0 saturated carbocycles. The third-order valence-electron chi connectivity index (χ3n) is 0.802. The van der Waals surface area contributed by atoms with E-state index in [0.29, 0.717) is 14.3 Å². The Kier molecular flexibility index (Phi) is 1.87. The van der Waals surface area contributed by atoms with E-state index in [1.165, 1.54) is 0 Å². The smallest absolute Gasteiger partial charge is 0.116 e. The molecule has 0 bridgehead atoms. The molecule has 0 aromatic rings. The largest absolute Gasteiger partial charge is 0.508 e. The Morgan fingerprint density at radius 2 is 2.25 bits per heavy atom. The average Bonchev–Trinajstić information content (AvgIpc) is 1.94. The van der Waals surface area contributed by atoms with Crippen molar-refractivity contribution < 1.29 is 5.11 Å². The number of hydrogen-bond donors (Lipinski definition) is 1. The van der Waals surface area contributed by atoms with Crippen molar-refractivity contribution >= 4 is 8.58 Å². The molecule has 1 nitrogen and oxygen atoms in total. The molecule has 1 aliphatic rings. The minimum atomic E-state index is 0.369. The summed E-state index contributed by atoms with van der Waals surface area (Å²) in [5.41, 5.74) is 0. The lowest BCUT2D eigenvalue weighted by atomic mass is 10.4. The predicted octanol–water partition coefficient (Wildman–Crippen LogP) is 2.15. The fourth-order valence-corrected chi connectivity index (χ4v) is 1.03. The molecule has 0 fully saturated rings. The Bertz CT molecular complexity index is 153. The molecule has 42 valence electrons. The van der Waals surface area contributed by atoms with E-state index in [0.717, 1.165) is 0 Å². The summed E-state index contributed by atoms with van der Waals surface area (Å²) in [5, 5.41) is 8.83. The van der Waals surface area contributed by atoms with Crippen molar-refractivity contribution in [1.29, 1.82) is 0 Å². The molecule has 0 radical (unpaired) electrons. The molecule has 0 amide bonds. The molecule has 0 spiro atoms. The summed E-state index contributed by atoms with van der Waals surface area (Å²) < 4.78 is 0. The number of rotatable bonds is 0. The van der Waals surface area contributed by atoms with E-state index >= 15 is 0 Å². The molecule has 2 heteroatoms. The first-order valence-corrected chi connectivity index (χ1v) is 3.53. The van der Waals surface area contributed by atoms with Crippen molar-refractivity contribution in [2.45, 2.75) is 0 Å². The quantitative estimate of drug-likeness (QED) is 0.493. The zero-order valence-corrected chi connectivity index (χ0v) is 5.33. The number of allylic oxidation sites excluding steroid dienone is 3. The Morgan fingerprint density at radius 1 is 1.38 bits per heavy atom. The van der Waals surface area contributed by atoms with Gasteiger partial charge in [-0.2, -0.15) is 0 Å². The predicted molar refractivity (Wildman–Crippen MR) is 37.3 cm³/mol. The van der Waals surface area contributed by atoms with Gasteiger partial charge < -0.3 is 5.11 Å². The third-order valence-corrected chi connectivity index (χ3v) is 1.65. The Hall–Kier alpha value is -0.550. The van der Waals surface area contributed by atoms with Crippen LogP contribution < -0.4 is 0 Å². The summed E-state index contributed by atoms with van der Waals surface area (Å²) in [4.78, 5) is 0. The summed E-state index contributed by atoms with van der Waals surface area (Å²) in [5.74, 6) is 4.17. The molecule has 1 rings (SSSR count). The second kappa shape index (κ2) is 2.68. The Labute approximate surface area is 50.2 Å². The van der Waals surface area contributed by atoms with Crippen LogP contribution in [0.5, 0.6) is 0 Å². The van der Waals surface area contributed by atoms with Gasteiger partial charge in [-0.1, -0.05) is 26.5 Å². The second-order valence-electron chi connectivity index (χ2n) is 1.45. The summed E-state index contributed by atoms with van der Waals surface area (Å²) in [6.07, 6.45) is 5.43. The van der Waals surface area contributed by atoms with Gasteiger partial charge >= 0.3 is 0 Å². The fraction of sp³-hybridized carbons (Fsp3) is 0. The van der Waals surface area contributed by atoms with Crippen LogP contribution in [0.15, 0.2) is 35.6 Å². The zero-order valence-electron chi connectivity index (χ0n) is 4.33. The molecular weight excluding hydrogens is 119 g/mol. The van der Waals surface area contributed by atoms with Crippen LogP contribution in [0.4, 0.5) is 0 Å². The molecule has 1 aliphatic heterocycles. The van der Waals surface area contributed by atoms with Crippen LogP contribution in [-0.4, -0.2) is 5.11 Å². The van der Waals surface area contributed by atoms with Crippen molar-refractivity contribution in [2.24, 2.45) is 0 Å². The molecule has 8 heavy (non-hydrogen) atoms. The number of aliphatic hydroxyl groups excluding tert-OH is 1. The molecule has 0 aromatic carbocycles. The fourth-order valence-electron chi connectivity index (χ4n) is 0.447. The number of aliphatic hydroxyl groups is 1. The highest BCUT2D eigenvalue weighted by Crippen LogP contribution is 2.18. The van der Waals surface area contributed by atoms with E-state index in [4.69, 9.17) is 5.11 Å². The van der Waals surface area contributed by atoms with Gasteiger partial charge in [0.1, 0.15) is 5.76 Å². The maximum atomic E-state index is 8.83. The van der Waals surface area contributed by atoms with Crippen molar-refractivity contribution in [2.75, 3.05) is 0 Å². The third kappa shape index (κ3) is 1.51. The number of hydrogen-bond acceptors (Lipinski definition) is 1. The topological polar surface area (TPSA) is 20.2 Å². The van der Waals surface area contributed by atoms with Crippen molar-refractivity contribution in [3.63, 3.8) is 0 Å². The molecule has 0 saturated heterocycles. The van der Waals surface area contributed by atoms with E-state index in [2.05, 4.69) is 0 Å². The van der Waals surface area contributed by atoms with Crippen molar-refractivity contribution in [3.8, 4) is 0 Å². The van der Waals surface area contributed by atoms with E-state index < -0.39 is 0 Å². The van der Waals surface area contributed by atoms with Gasteiger partial charge in [0.25, 0.3) is 0 Å². The van der Waals surface area contributed by atoms with Gasteiger partial charge in [-0.05, 0) is 11.9 Å². The highest BCUT2D eigenvalue weighted by Gasteiger charge is 1.83. The first-order valence-electron chi connectivity index (χ1n) is 2.38. The van der Waals surface area contributed by atoms with Crippen LogP contribution in [0.3, 0.4) is 0 Å². The Balaban J connectivity index is 2.69. The minimum Gasteiger partial charge on any atom is -0.508 e. The van der Waals surface area contributed by atoms with Crippen LogP contribution >= 0.6 is 8.58 Å².